The van der Waals surface area contributed by atoms with Crippen LogP contribution in [-0.4, -0.2) is 54.4 Å². The number of para-hydroxylation sites is 1. The fourth-order valence-electron chi connectivity index (χ4n) is 6.44. The number of hydrogen-bond acceptors (Lipinski definition) is 7. The van der Waals surface area contributed by atoms with Crippen molar-refractivity contribution >= 4 is 23.0 Å². The molecule has 228 valence electrons. The maximum absolute atomic E-state index is 13.9. The molecule has 0 radical (unpaired) electrons. The second-order valence-electron chi connectivity index (χ2n) is 12.3. The first-order valence-corrected chi connectivity index (χ1v) is 15.0. The van der Waals surface area contributed by atoms with Gasteiger partial charge in [0.1, 0.15) is 12.6 Å². The average molecular weight is 587 g/mol. The van der Waals surface area contributed by atoms with Gasteiger partial charge >= 0.3 is 12.1 Å². The number of ether oxygens (including phenoxy) is 4. The van der Waals surface area contributed by atoms with Gasteiger partial charge < -0.3 is 18.9 Å². The Morgan fingerprint density at radius 1 is 1.05 bits per heavy atom. The van der Waals surface area contributed by atoms with Crippen LogP contribution in [0, 0.1) is 11.3 Å². The summed E-state index contributed by atoms with van der Waals surface area (Å²) >= 11 is 0. The predicted octanol–water partition coefficient (Wildman–Crippen LogP) is 6.98. The number of amides is 1. The molecular weight excluding hydrogens is 544 g/mol. The summed E-state index contributed by atoms with van der Waals surface area (Å²) in [5.41, 5.74) is 3.29. The van der Waals surface area contributed by atoms with Crippen molar-refractivity contribution in [3.05, 3.63) is 83.9 Å². The Bertz CT molecular complexity index is 1480. The third-order valence-corrected chi connectivity index (χ3v) is 8.39. The Balaban J connectivity index is 1.65. The van der Waals surface area contributed by atoms with Gasteiger partial charge in [-0.25, -0.2) is 14.6 Å². The largest absolute Gasteiger partial charge is 0.481 e. The van der Waals surface area contributed by atoms with Crippen LogP contribution in [0.3, 0.4) is 0 Å². The molecule has 0 N–H and O–H groups in total. The zero-order valence-electron chi connectivity index (χ0n) is 25.7. The molecule has 8 nitrogen and oxygen atoms in total. The Morgan fingerprint density at radius 3 is 2.40 bits per heavy atom. The summed E-state index contributed by atoms with van der Waals surface area (Å²) < 4.78 is 23.8. The molecule has 2 aliphatic rings. The van der Waals surface area contributed by atoms with Crippen LogP contribution in [0.2, 0.25) is 0 Å². The average Bonchev–Trinajstić information content (AvgIpc) is 3.78. The second-order valence-corrected chi connectivity index (χ2v) is 12.3. The van der Waals surface area contributed by atoms with E-state index >= 15 is 0 Å². The van der Waals surface area contributed by atoms with E-state index in [0.29, 0.717) is 11.8 Å². The van der Waals surface area contributed by atoms with Crippen LogP contribution >= 0.6 is 0 Å². The smallest absolute Gasteiger partial charge is 0.411 e. The number of hydrogen-bond donors (Lipinski definition) is 0. The number of carbonyl (C=O) groups excluding carboxylic acids is 2. The highest BCUT2D eigenvalue weighted by Crippen LogP contribution is 2.53. The van der Waals surface area contributed by atoms with Crippen molar-refractivity contribution in [2.75, 3.05) is 20.3 Å². The highest BCUT2D eigenvalue weighted by atomic mass is 16.6. The SMILES string of the molecule is C=CCOC(=O)N1[C@H](C(=O)OCC)[C@@H](C(C)(C)C)[C@H](OCc2cc3ccccc3nc2OC)[C@@H]1c1ccccc1C1CC1. The minimum absolute atomic E-state index is 0.0214. The summed E-state index contributed by atoms with van der Waals surface area (Å²) in [6.45, 7) is 12.1. The minimum atomic E-state index is -0.920. The number of rotatable bonds is 10. The fraction of sp³-hybridized carbons (Fsp3) is 0.457. The first-order valence-electron chi connectivity index (χ1n) is 15.0. The lowest BCUT2D eigenvalue weighted by molar-refractivity contribution is -0.151. The summed E-state index contributed by atoms with van der Waals surface area (Å²) in [7, 11) is 1.59. The van der Waals surface area contributed by atoms with Crippen LogP contribution in [0.4, 0.5) is 4.79 Å². The quantitative estimate of drug-likeness (QED) is 0.187. The number of esters is 1. The number of methoxy groups -OCH3 is 1. The molecule has 3 aromatic rings. The van der Waals surface area contributed by atoms with Crippen molar-refractivity contribution in [1.29, 1.82) is 0 Å². The molecule has 1 saturated carbocycles. The number of pyridine rings is 1. The van der Waals surface area contributed by atoms with Crippen LogP contribution in [-0.2, 0) is 25.6 Å². The molecule has 2 aromatic carbocycles. The number of benzene rings is 2. The maximum Gasteiger partial charge on any atom is 0.411 e. The first kappa shape index (κ1) is 30.5. The molecular formula is C35H42N2O6. The van der Waals surface area contributed by atoms with Gasteiger partial charge in [-0.3, -0.25) is 4.90 Å². The van der Waals surface area contributed by atoms with Gasteiger partial charge in [0.05, 0.1) is 38.0 Å². The summed E-state index contributed by atoms with van der Waals surface area (Å²) in [4.78, 5) is 34.0. The molecule has 4 atom stereocenters. The molecule has 8 heteroatoms. The molecule has 0 unspecified atom stereocenters. The zero-order chi connectivity index (χ0) is 30.7. The van der Waals surface area contributed by atoms with Gasteiger partial charge in [-0.15, -0.1) is 0 Å². The molecule has 1 aliphatic carbocycles. The molecule has 0 bridgehead atoms. The number of likely N-dealkylation sites (tertiary alicyclic amines) is 1. The van der Waals surface area contributed by atoms with E-state index in [9.17, 15) is 9.59 Å². The van der Waals surface area contributed by atoms with Crippen molar-refractivity contribution in [3.63, 3.8) is 0 Å². The third-order valence-electron chi connectivity index (χ3n) is 8.39. The van der Waals surface area contributed by atoms with Crippen LogP contribution in [0.15, 0.2) is 67.3 Å². The van der Waals surface area contributed by atoms with E-state index in [2.05, 4.69) is 33.4 Å². The highest BCUT2D eigenvalue weighted by Gasteiger charge is 2.60. The summed E-state index contributed by atoms with van der Waals surface area (Å²) in [5.74, 6) is -0.00651. The van der Waals surface area contributed by atoms with Crippen molar-refractivity contribution in [3.8, 4) is 5.88 Å². The van der Waals surface area contributed by atoms with E-state index in [1.54, 1.807) is 18.9 Å². The molecule has 5 rings (SSSR count). The van der Waals surface area contributed by atoms with Gasteiger partial charge in [0.25, 0.3) is 0 Å². The minimum Gasteiger partial charge on any atom is -0.481 e. The van der Waals surface area contributed by atoms with Crippen LogP contribution in [0.25, 0.3) is 10.9 Å². The number of fused-ring (bicyclic) bond motifs is 1. The van der Waals surface area contributed by atoms with Gasteiger partial charge in [0.2, 0.25) is 5.88 Å². The van der Waals surface area contributed by atoms with E-state index < -0.39 is 41.6 Å². The fourth-order valence-corrected chi connectivity index (χ4v) is 6.44. The van der Waals surface area contributed by atoms with E-state index in [1.807, 2.05) is 48.5 Å². The molecule has 1 aromatic heterocycles. The summed E-state index contributed by atoms with van der Waals surface area (Å²) in [6, 6.07) is 16.5. The van der Waals surface area contributed by atoms with Gasteiger partial charge in [0.15, 0.2) is 0 Å². The van der Waals surface area contributed by atoms with Crippen LogP contribution < -0.4 is 4.74 Å². The van der Waals surface area contributed by atoms with Gasteiger partial charge in [-0.1, -0.05) is 75.9 Å². The maximum atomic E-state index is 13.9. The van der Waals surface area contributed by atoms with Crippen molar-refractivity contribution in [1.82, 2.24) is 9.88 Å². The van der Waals surface area contributed by atoms with Crippen molar-refractivity contribution < 1.29 is 28.5 Å². The topological polar surface area (TPSA) is 87.2 Å². The third kappa shape index (κ3) is 6.25. The lowest BCUT2D eigenvalue weighted by Gasteiger charge is -2.35. The van der Waals surface area contributed by atoms with Gasteiger partial charge in [-0.05, 0) is 54.4 Å². The van der Waals surface area contributed by atoms with E-state index in [-0.39, 0.29) is 19.8 Å². The number of aromatic nitrogens is 1. The lowest BCUT2D eigenvalue weighted by Crippen LogP contribution is -2.48. The Labute approximate surface area is 254 Å². The van der Waals surface area contributed by atoms with E-state index in [1.165, 1.54) is 11.6 Å². The highest BCUT2D eigenvalue weighted by molar-refractivity contribution is 5.84. The molecule has 43 heavy (non-hydrogen) atoms. The van der Waals surface area contributed by atoms with Gasteiger partial charge in [0, 0.05) is 16.9 Å². The molecule has 1 aliphatic heterocycles. The monoisotopic (exact) mass is 586 g/mol. The van der Waals surface area contributed by atoms with Gasteiger partial charge in [-0.2, -0.15) is 0 Å². The summed E-state index contributed by atoms with van der Waals surface area (Å²) in [5, 5.41) is 0.968. The Kier molecular flexibility index (Phi) is 9.06. The van der Waals surface area contributed by atoms with E-state index in [4.69, 9.17) is 23.9 Å². The molecule has 2 heterocycles. The molecule has 0 spiro atoms. The molecule has 1 saturated heterocycles. The zero-order valence-corrected chi connectivity index (χ0v) is 25.7. The summed E-state index contributed by atoms with van der Waals surface area (Å²) in [6.07, 6.45) is 2.52. The molecule has 1 amide bonds. The number of carbonyl (C=O) groups is 2. The lowest BCUT2D eigenvalue weighted by atomic mass is 9.73. The van der Waals surface area contributed by atoms with Crippen molar-refractivity contribution in [2.24, 2.45) is 11.3 Å². The standard InChI is InChI=1S/C35H42N2O6/c1-7-19-42-34(39)37-29(26-15-11-10-14-25(26)22-17-18-22)31(28(35(3,4)5)30(37)33(38)41-8-2)43-21-24-20-23-13-9-12-16-27(23)36-32(24)40-6/h7,9-16,20,22,28-31H,1,8,17-19,21H2,2-6H3/t28-,29+,30+,31+/m1/s1. The first-order chi connectivity index (χ1) is 20.7. The second kappa shape index (κ2) is 12.8. The normalized spacial score (nSPS) is 21.9. The van der Waals surface area contributed by atoms with Crippen LogP contribution in [0.5, 0.6) is 5.88 Å². The molecule has 2 fully saturated rings. The predicted molar refractivity (Wildman–Crippen MR) is 165 cm³/mol. The Morgan fingerprint density at radius 2 is 1.74 bits per heavy atom. The van der Waals surface area contributed by atoms with E-state index in [0.717, 1.165) is 34.9 Å². The Hall–Kier alpha value is -3.91. The number of nitrogens with zero attached hydrogens (tertiary/aromatic N) is 2. The van der Waals surface area contributed by atoms with Crippen LogP contribution in [0.1, 0.15) is 69.2 Å². The van der Waals surface area contributed by atoms with Crippen molar-refractivity contribution in [2.45, 2.75) is 71.2 Å².